The molecule has 82 valence electrons. The number of hydrogen-bond acceptors (Lipinski definition) is 2. The Morgan fingerprint density at radius 2 is 1.00 bits per heavy atom. The average Bonchev–Trinajstić information content (AvgIpc) is 2.01. The fraction of sp³-hybridized carbons (Fsp3) is 0.833. The molecule has 0 spiro atoms. The molecule has 1 heterocycles. The van der Waals surface area contributed by atoms with Crippen molar-refractivity contribution in [1.82, 2.24) is 9.80 Å². The lowest BCUT2D eigenvalue weighted by Crippen LogP contribution is -2.49. The van der Waals surface area contributed by atoms with Crippen LogP contribution in [0.25, 0.3) is 0 Å². The zero-order valence-corrected chi connectivity index (χ0v) is 10.5. The molecule has 0 aromatic carbocycles. The van der Waals surface area contributed by atoms with Crippen molar-refractivity contribution in [1.29, 1.82) is 0 Å². The van der Waals surface area contributed by atoms with Gasteiger partial charge in [-0.05, 0) is 41.5 Å². The average molecular weight is 196 g/mol. The second-order valence-corrected chi connectivity index (χ2v) is 6.03. The third-order valence-corrected chi connectivity index (χ3v) is 2.73. The van der Waals surface area contributed by atoms with Crippen molar-refractivity contribution >= 4 is 0 Å². The molecular weight excluding hydrogens is 172 g/mol. The monoisotopic (exact) mass is 196 g/mol. The van der Waals surface area contributed by atoms with Gasteiger partial charge in [0.1, 0.15) is 0 Å². The summed E-state index contributed by atoms with van der Waals surface area (Å²) in [5, 5.41) is 0. The van der Waals surface area contributed by atoms with Crippen LogP contribution in [0.1, 0.15) is 41.5 Å². The first-order valence-electron chi connectivity index (χ1n) is 5.43. The summed E-state index contributed by atoms with van der Waals surface area (Å²) in [6.07, 6.45) is 4.43. The summed E-state index contributed by atoms with van der Waals surface area (Å²) in [6, 6.07) is 0. The highest BCUT2D eigenvalue weighted by molar-refractivity contribution is 4.98. The van der Waals surface area contributed by atoms with Crippen molar-refractivity contribution < 1.29 is 0 Å². The van der Waals surface area contributed by atoms with E-state index < -0.39 is 0 Å². The third-order valence-electron chi connectivity index (χ3n) is 2.73. The summed E-state index contributed by atoms with van der Waals surface area (Å²) in [4.78, 5) is 4.80. The van der Waals surface area contributed by atoms with Gasteiger partial charge >= 0.3 is 0 Å². The summed E-state index contributed by atoms with van der Waals surface area (Å²) in [5.74, 6) is 0. The Hall–Kier alpha value is -0.660. The zero-order valence-electron chi connectivity index (χ0n) is 10.5. The van der Waals surface area contributed by atoms with Crippen molar-refractivity contribution in [3.63, 3.8) is 0 Å². The van der Waals surface area contributed by atoms with E-state index in [4.69, 9.17) is 0 Å². The molecule has 2 nitrogen and oxygen atoms in total. The Bertz CT molecular complexity index is 193. The molecule has 0 saturated heterocycles. The molecule has 1 rings (SSSR count). The molecule has 0 N–H and O–H groups in total. The van der Waals surface area contributed by atoms with Gasteiger partial charge in [-0.3, -0.25) is 0 Å². The van der Waals surface area contributed by atoms with Gasteiger partial charge in [0.05, 0.1) is 0 Å². The van der Waals surface area contributed by atoms with Gasteiger partial charge in [0.25, 0.3) is 0 Å². The molecule has 0 unspecified atom stereocenters. The van der Waals surface area contributed by atoms with E-state index in [-0.39, 0.29) is 11.1 Å². The lowest BCUT2D eigenvalue weighted by Gasteiger charge is -2.44. The predicted molar refractivity (Wildman–Crippen MR) is 62.1 cm³/mol. The van der Waals surface area contributed by atoms with Crippen LogP contribution in [0, 0.1) is 0 Å². The van der Waals surface area contributed by atoms with Crippen molar-refractivity contribution in [2.45, 2.75) is 52.6 Å². The summed E-state index contributed by atoms with van der Waals surface area (Å²) in [6.45, 7) is 15.8. The first-order valence-corrected chi connectivity index (χ1v) is 5.43. The second kappa shape index (κ2) is 3.48. The standard InChI is InChI=1S/C12H24N2/c1-11(2,3)13-7-9-14(10-8-13)12(4,5)6/h7,9H,8,10H2,1-6H3. The van der Waals surface area contributed by atoms with Crippen molar-refractivity contribution in [2.24, 2.45) is 0 Å². The van der Waals surface area contributed by atoms with Crippen LogP contribution in [0.4, 0.5) is 0 Å². The van der Waals surface area contributed by atoms with Crippen LogP contribution in [0.5, 0.6) is 0 Å². The first kappa shape index (κ1) is 11.4. The minimum atomic E-state index is 0.250. The summed E-state index contributed by atoms with van der Waals surface area (Å²) >= 11 is 0. The van der Waals surface area contributed by atoms with Crippen LogP contribution in [-0.2, 0) is 0 Å². The largest absolute Gasteiger partial charge is 0.370 e. The van der Waals surface area contributed by atoms with Crippen LogP contribution >= 0.6 is 0 Å². The first-order chi connectivity index (χ1) is 6.21. The van der Waals surface area contributed by atoms with Gasteiger partial charge in [0, 0.05) is 36.6 Å². The molecule has 0 atom stereocenters. The van der Waals surface area contributed by atoms with E-state index >= 15 is 0 Å². The highest BCUT2D eigenvalue weighted by atomic mass is 15.3. The molecule has 1 aliphatic heterocycles. The van der Waals surface area contributed by atoms with Gasteiger partial charge in [0.2, 0.25) is 0 Å². The molecule has 0 amide bonds. The molecular formula is C12H24N2. The molecule has 0 aliphatic carbocycles. The van der Waals surface area contributed by atoms with E-state index in [1.54, 1.807) is 0 Å². The molecule has 1 aliphatic rings. The van der Waals surface area contributed by atoms with E-state index in [9.17, 15) is 0 Å². The Morgan fingerprint density at radius 3 is 1.14 bits per heavy atom. The molecule has 2 heteroatoms. The van der Waals surface area contributed by atoms with Gasteiger partial charge in [-0.2, -0.15) is 0 Å². The Labute approximate surface area is 88.6 Å². The van der Waals surface area contributed by atoms with Crippen molar-refractivity contribution in [2.75, 3.05) is 13.1 Å². The molecule has 0 aromatic rings. The molecule has 0 bridgehead atoms. The Balaban J connectivity index is 2.65. The number of nitrogens with zero attached hydrogens (tertiary/aromatic N) is 2. The van der Waals surface area contributed by atoms with Crippen molar-refractivity contribution in [3.8, 4) is 0 Å². The maximum Gasteiger partial charge on any atom is 0.0354 e. The van der Waals surface area contributed by atoms with Crippen LogP contribution in [0.3, 0.4) is 0 Å². The van der Waals surface area contributed by atoms with E-state index in [1.807, 2.05) is 0 Å². The summed E-state index contributed by atoms with van der Waals surface area (Å²) in [5.41, 5.74) is 0.501. The van der Waals surface area contributed by atoms with E-state index in [1.165, 1.54) is 0 Å². The minimum Gasteiger partial charge on any atom is -0.370 e. The molecule has 0 aromatic heterocycles. The SMILES string of the molecule is CC(C)(C)N1C=CN(C(C)(C)C)CC1. The maximum atomic E-state index is 2.40. The summed E-state index contributed by atoms with van der Waals surface area (Å²) in [7, 11) is 0. The number of hydrogen-bond donors (Lipinski definition) is 0. The second-order valence-electron chi connectivity index (χ2n) is 6.03. The van der Waals surface area contributed by atoms with Gasteiger partial charge < -0.3 is 9.80 Å². The van der Waals surface area contributed by atoms with E-state index in [0.717, 1.165) is 13.1 Å². The highest BCUT2D eigenvalue weighted by Crippen LogP contribution is 2.21. The molecule has 14 heavy (non-hydrogen) atoms. The quantitative estimate of drug-likeness (QED) is 0.588. The normalized spacial score (nSPS) is 19.0. The third kappa shape index (κ3) is 2.66. The van der Waals surface area contributed by atoms with Crippen LogP contribution < -0.4 is 0 Å². The molecule has 0 radical (unpaired) electrons. The smallest absolute Gasteiger partial charge is 0.0354 e. The lowest BCUT2D eigenvalue weighted by atomic mass is 10.0. The van der Waals surface area contributed by atoms with Crippen molar-refractivity contribution in [3.05, 3.63) is 12.4 Å². The fourth-order valence-corrected chi connectivity index (χ4v) is 1.64. The fourth-order valence-electron chi connectivity index (χ4n) is 1.64. The Morgan fingerprint density at radius 1 is 0.714 bits per heavy atom. The van der Waals surface area contributed by atoms with E-state index in [0.29, 0.717) is 0 Å². The van der Waals surface area contributed by atoms with E-state index in [2.05, 4.69) is 63.7 Å². The maximum absolute atomic E-state index is 2.40. The topological polar surface area (TPSA) is 6.48 Å². The van der Waals surface area contributed by atoms with Gasteiger partial charge in [0.15, 0.2) is 0 Å². The highest BCUT2D eigenvalue weighted by Gasteiger charge is 2.25. The minimum absolute atomic E-state index is 0.250. The lowest BCUT2D eigenvalue weighted by molar-refractivity contribution is 0.119. The predicted octanol–water partition coefficient (Wildman–Crippen LogP) is 2.67. The van der Waals surface area contributed by atoms with Crippen LogP contribution in [0.2, 0.25) is 0 Å². The molecule has 0 fully saturated rings. The summed E-state index contributed by atoms with van der Waals surface area (Å²) < 4.78 is 0. The van der Waals surface area contributed by atoms with Gasteiger partial charge in [-0.25, -0.2) is 0 Å². The molecule has 0 saturated carbocycles. The zero-order chi connectivity index (χ0) is 11.0. The van der Waals surface area contributed by atoms with Gasteiger partial charge in [-0.1, -0.05) is 0 Å². The van der Waals surface area contributed by atoms with Crippen LogP contribution in [0.15, 0.2) is 12.4 Å². The number of rotatable bonds is 0. The van der Waals surface area contributed by atoms with Crippen LogP contribution in [-0.4, -0.2) is 34.0 Å². The Kier molecular flexibility index (Phi) is 2.84. The van der Waals surface area contributed by atoms with Gasteiger partial charge in [-0.15, -0.1) is 0 Å².